The number of nitrogens with zero attached hydrogens (tertiary/aromatic N) is 5. The number of hydrogen-bond donors (Lipinski definition) is 1. The molecule has 0 amide bonds. The van der Waals surface area contributed by atoms with Crippen molar-refractivity contribution in [2.24, 2.45) is 0 Å². The van der Waals surface area contributed by atoms with Gasteiger partial charge in [-0.05, 0) is 57.7 Å². The lowest BCUT2D eigenvalue weighted by molar-refractivity contribution is 0.405. The van der Waals surface area contributed by atoms with Crippen LogP contribution in [0.5, 0.6) is 0 Å². The first-order valence-electron chi connectivity index (χ1n) is 9.40. The molecule has 6 heteroatoms. The number of aryl methyl sites for hydroxylation is 1. The average molecular weight is 355 g/mol. The third-order valence-electron chi connectivity index (χ3n) is 4.68. The zero-order chi connectivity index (χ0) is 18.4. The van der Waals surface area contributed by atoms with E-state index in [1.807, 2.05) is 12.3 Å². The van der Waals surface area contributed by atoms with E-state index in [1.165, 1.54) is 11.3 Å². The molecule has 6 nitrogen and oxygen atoms in total. The van der Waals surface area contributed by atoms with Gasteiger partial charge in [0.25, 0.3) is 0 Å². The van der Waals surface area contributed by atoms with E-state index < -0.39 is 0 Å². The molecule has 2 heterocycles. The summed E-state index contributed by atoms with van der Waals surface area (Å²) < 4.78 is 0. The molecular formula is C20H30N6. The highest BCUT2D eigenvalue weighted by atomic mass is 15.3. The van der Waals surface area contributed by atoms with Gasteiger partial charge in [-0.1, -0.05) is 12.1 Å². The Hall–Kier alpha value is -2.34. The van der Waals surface area contributed by atoms with Crippen LogP contribution < -0.4 is 15.1 Å². The topological polar surface area (TPSA) is 47.5 Å². The summed E-state index contributed by atoms with van der Waals surface area (Å²) in [4.78, 5) is 16.0. The SMILES string of the molecule is Cc1cccc(N2CCN(c3ccnc(NCCCN(C)C)n3)CC2)c1. The van der Waals surface area contributed by atoms with E-state index >= 15 is 0 Å². The minimum atomic E-state index is 0.724. The third-order valence-corrected chi connectivity index (χ3v) is 4.68. The Labute approximate surface area is 156 Å². The van der Waals surface area contributed by atoms with Gasteiger partial charge in [0, 0.05) is 44.6 Å². The van der Waals surface area contributed by atoms with Gasteiger partial charge in [-0.2, -0.15) is 4.98 Å². The van der Waals surface area contributed by atoms with E-state index in [0.717, 1.165) is 57.5 Å². The Morgan fingerprint density at radius 2 is 1.85 bits per heavy atom. The molecule has 0 bridgehead atoms. The highest BCUT2D eigenvalue weighted by Gasteiger charge is 2.18. The van der Waals surface area contributed by atoms with Crippen LogP contribution in [-0.2, 0) is 0 Å². The summed E-state index contributed by atoms with van der Waals surface area (Å²) >= 11 is 0. The van der Waals surface area contributed by atoms with Gasteiger partial charge in [0.1, 0.15) is 5.82 Å². The van der Waals surface area contributed by atoms with Crippen LogP contribution in [0.15, 0.2) is 36.5 Å². The van der Waals surface area contributed by atoms with Crippen LogP contribution in [0.3, 0.4) is 0 Å². The van der Waals surface area contributed by atoms with Crippen molar-refractivity contribution in [2.45, 2.75) is 13.3 Å². The Kier molecular flexibility index (Phi) is 6.28. The summed E-state index contributed by atoms with van der Waals surface area (Å²) in [5.41, 5.74) is 2.63. The minimum Gasteiger partial charge on any atom is -0.368 e. The summed E-state index contributed by atoms with van der Waals surface area (Å²) in [6.45, 7) is 8.08. The predicted molar refractivity (Wildman–Crippen MR) is 109 cm³/mol. The lowest BCUT2D eigenvalue weighted by atomic mass is 10.2. The fourth-order valence-corrected chi connectivity index (χ4v) is 3.22. The van der Waals surface area contributed by atoms with Gasteiger partial charge in [-0.15, -0.1) is 0 Å². The largest absolute Gasteiger partial charge is 0.368 e. The monoisotopic (exact) mass is 354 g/mol. The molecule has 0 atom stereocenters. The number of benzene rings is 1. The smallest absolute Gasteiger partial charge is 0.224 e. The lowest BCUT2D eigenvalue weighted by Crippen LogP contribution is -2.46. The van der Waals surface area contributed by atoms with Gasteiger partial charge in [0.2, 0.25) is 5.95 Å². The molecule has 0 radical (unpaired) electrons. The molecule has 1 aromatic heterocycles. The Morgan fingerprint density at radius 3 is 2.58 bits per heavy atom. The van der Waals surface area contributed by atoms with Gasteiger partial charge in [-0.3, -0.25) is 0 Å². The van der Waals surface area contributed by atoms with Gasteiger partial charge in [-0.25, -0.2) is 4.98 Å². The highest BCUT2D eigenvalue weighted by Crippen LogP contribution is 2.20. The van der Waals surface area contributed by atoms with E-state index in [4.69, 9.17) is 4.98 Å². The quantitative estimate of drug-likeness (QED) is 0.771. The number of anilines is 3. The number of hydrogen-bond acceptors (Lipinski definition) is 6. The van der Waals surface area contributed by atoms with Crippen molar-refractivity contribution in [3.8, 4) is 0 Å². The molecule has 2 aromatic rings. The van der Waals surface area contributed by atoms with Gasteiger partial charge >= 0.3 is 0 Å². The maximum Gasteiger partial charge on any atom is 0.224 e. The summed E-state index contributed by atoms with van der Waals surface area (Å²) in [6, 6.07) is 10.7. The van der Waals surface area contributed by atoms with Crippen molar-refractivity contribution in [3.05, 3.63) is 42.1 Å². The van der Waals surface area contributed by atoms with Gasteiger partial charge in [0.05, 0.1) is 0 Å². The fraction of sp³-hybridized carbons (Fsp3) is 0.500. The molecule has 3 rings (SSSR count). The first-order chi connectivity index (χ1) is 12.6. The molecular weight excluding hydrogens is 324 g/mol. The molecule has 0 spiro atoms. The zero-order valence-electron chi connectivity index (χ0n) is 16.1. The lowest BCUT2D eigenvalue weighted by Gasteiger charge is -2.36. The van der Waals surface area contributed by atoms with Gasteiger partial charge < -0.3 is 20.0 Å². The first kappa shape index (κ1) is 18.5. The molecule has 140 valence electrons. The molecule has 1 aliphatic heterocycles. The van der Waals surface area contributed by atoms with Crippen LogP contribution in [0.25, 0.3) is 0 Å². The zero-order valence-corrected chi connectivity index (χ0v) is 16.1. The fourth-order valence-electron chi connectivity index (χ4n) is 3.22. The molecule has 26 heavy (non-hydrogen) atoms. The molecule has 1 aromatic carbocycles. The van der Waals surface area contributed by atoms with Crippen LogP contribution in [0.2, 0.25) is 0 Å². The molecule has 1 aliphatic rings. The number of piperazine rings is 1. The number of nitrogens with one attached hydrogen (secondary N) is 1. The molecule has 0 saturated carbocycles. The Morgan fingerprint density at radius 1 is 1.08 bits per heavy atom. The van der Waals surface area contributed by atoms with E-state index in [2.05, 4.69) is 70.3 Å². The van der Waals surface area contributed by atoms with Crippen molar-refractivity contribution in [3.63, 3.8) is 0 Å². The van der Waals surface area contributed by atoms with E-state index in [9.17, 15) is 0 Å². The van der Waals surface area contributed by atoms with E-state index in [-0.39, 0.29) is 0 Å². The van der Waals surface area contributed by atoms with Crippen LogP contribution in [0.4, 0.5) is 17.5 Å². The summed E-state index contributed by atoms with van der Waals surface area (Å²) in [6.07, 6.45) is 2.93. The molecule has 0 aliphatic carbocycles. The van der Waals surface area contributed by atoms with Crippen molar-refractivity contribution in [1.29, 1.82) is 0 Å². The van der Waals surface area contributed by atoms with Crippen molar-refractivity contribution in [1.82, 2.24) is 14.9 Å². The van der Waals surface area contributed by atoms with Crippen molar-refractivity contribution >= 4 is 17.5 Å². The summed E-state index contributed by atoms with van der Waals surface area (Å²) in [5.74, 6) is 1.74. The molecule has 1 fully saturated rings. The second kappa shape index (κ2) is 8.85. The van der Waals surface area contributed by atoms with Gasteiger partial charge in [0.15, 0.2) is 0 Å². The number of rotatable bonds is 7. The average Bonchev–Trinajstić information content (AvgIpc) is 2.65. The number of aromatic nitrogens is 2. The predicted octanol–water partition coefficient (Wildman–Crippen LogP) is 2.48. The summed E-state index contributed by atoms with van der Waals surface area (Å²) in [7, 11) is 4.18. The van der Waals surface area contributed by atoms with Crippen molar-refractivity contribution < 1.29 is 0 Å². The highest BCUT2D eigenvalue weighted by molar-refractivity contribution is 5.51. The van der Waals surface area contributed by atoms with E-state index in [1.54, 1.807) is 0 Å². The molecule has 0 unspecified atom stereocenters. The molecule has 1 saturated heterocycles. The maximum atomic E-state index is 4.70. The standard InChI is InChI=1S/C20H30N6/c1-17-6-4-7-18(16-17)25-12-14-26(15-13-25)19-8-10-22-20(23-19)21-9-5-11-24(2)3/h4,6-8,10,16H,5,9,11-15H2,1-3H3,(H,21,22,23). The van der Waals surface area contributed by atoms with Crippen LogP contribution in [-0.4, -0.2) is 68.2 Å². The van der Waals surface area contributed by atoms with Crippen LogP contribution >= 0.6 is 0 Å². The van der Waals surface area contributed by atoms with E-state index in [0.29, 0.717) is 0 Å². The van der Waals surface area contributed by atoms with Crippen molar-refractivity contribution in [2.75, 3.05) is 68.5 Å². The van der Waals surface area contributed by atoms with Crippen LogP contribution in [0, 0.1) is 6.92 Å². The van der Waals surface area contributed by atoms with Crippen LogP contribution in [0.1, 0.15) is 12.0 Å². The Bertz CT molecular complexity index is 694. The maximum absolute atomic E-state index is 4.70. The normalized spacial score (nSPS) is 14.8. The second-order valence-electron chi connectivity index (χ2n) is 7.14. The minimum absolute atomic E-state index is 0.724. The third kappa shape index (κ3) is 5.08. The first-order valence-corrected chi connectivity index (χ1v) is 9.40. The summed E-state index contributed by atoms with van der Waals surface area (Å²) in [5, 5.41) is 3.33. The molecule has 1 N–H and O–H groups in total. The second-order valence-corrected chi connectivity index (χ2v) is 7.14. The Balaban J connectivity index is 1.53.